The van der Waals surface area contributed by atoms with Crippen LogP contribution >= 0.6 is 11.8 Å². The summed E-state index contributed by atoms with van der Waals surface area (Å²) in [6.45, 7) is 4.34. The van der Waals surface area contributed by atoms with Crippen molar-refractivity contribution < 1.29 is 14.2 Å². The molecule has 18 heavy (non-hydrogen) atoms. The largest absolute Gasteiger partial charge is 0.496 e. The Morgan fingerprint density at radius 2 is 1.56 bits per heavy atom. The summed E-state index contributed by atoms with van der Waals surface area (Å²) in [5, 5.41) is 0.380. The van der Waals surface area contributed by atoms with E-state index in [1.807, 2.05) is 23.9 Å². The van der Waals surface area contributed by atoms with E-state index >= 15 is 0 Å². The Balaban J connectivity index is 3.28. The molecule has 0 saturated heterocycles. The lowest BCUT2D eigenvalue weighted by Crippen LogP contribution is -2.02. The van der Waals surface area contributed by atoms with Gasteiger partial charge in [0.2, 0.25) is 0 Å². The molecule has 4 heteroatoms. The minimum Gasteiger partial charge on any atom is -0.496 e. The van der Waals surface area contributed by atoms with E-state index in [4.69, 9.17) is 14.2 Å². The molecule has 0 fully saturated rings. The summed E-state index contributed by atoms with van der Waals surface area (Å²) in [6, 6.07) is 3.83. The Labute approximate surface area is 114 Å². The molecule has 0 N–H and O–H groups in total. The first-order valence-corrected chi connectivity index (χ1v) is 7.18. The van der Waals surface area contributed by atoms with E-state index in [9.17, 15) is 0 Å². The molecule has 1 aromatic carbocycles. The number of benzene rings is 1. The van der Waals surface area contributed by atoms with Gasteiger partial charge in [-0.05, 0) is 12.2 Å². The molecule has 0 amide bonds. The van der Waals surface area contributed by atoms with Gasteiger partial charge in [0.15, 0.2) is 0 Å². The first-order valence-electron chi connectivity index (χ1n) is 6.13. The summed E-state index contributed by atoms with van der Waals surface area (Å²) in [5.74, 6) is 3.48. The Hall–Kier alpha value is -1.03. The van der Waals surface area contributed by atoms with Crippen molar-refractivity contribution in [3.05, 3.63) is 17.7 Å². The lowest BCUT2D eigenvalue weighted by atomic mass is 10.1. The highest BCUT2D eigenvalue weighted by atomic mass is 32.2. The third-order valence-corrected chi connectivity index (χ3v) is 4.12. The monoisotopic (exact) mass is 270 g/mol. The minimum atomic E-state index is 0.380. The van der Waals surface area contributed by atoms with Gasteiger partial charge in [-0.15, -0.1) is 0 Å². The number of hydrogen-bond acceptors (Lipinski definition) is 4. The Kier molecular flexibility index (Phi) is 6.19. The van der Waals surface area contributed by atoms with Crippen molar-refractivity contribution in [2.45, 2.75) is 25.5 Å². The predicted molar refractivity (Wildman–Crippen MR) is 77.3 cm³/mol. The third kappa shape index (κ3) is 3.25. The van der Waals surface area contributed by atoms with Crippen LogP contribution in [-0.4, -0.2) is 27.1 Å². The zero-order chi connectivity index (χ0) is 13.5. The van der Waals surface area contributed by atoms with Crippen LogP contribution in [0.5, 0.6) is 17.2 Å². The van der Waals surface area contributed by atoms with Crippen LogP contribution in [0.4, 0.5) is 0 Å². The fraction of sp³-hybridized carbons (Fsp3) is 0.571. The maximum absolute atomic E-state index is 5.49. The van der Waals surface area contributed by atoms with E-state index in [0.29, 0.717) is 5.25 Å². The van der Waals surface area contributed by atoms with E-state index in [1.54, 1.807) is 21.3 Å². The van der Waals surface area contributed by atoms with Gasteiger partial charge < -0.3 is 14.2 Å². The van der Waals surface area contributed by atoms with Crippen LogP contribution in [0.2, 0.25) is 0 Å². The summed E-state index contributed by atoms with van der Waals surface area (Å²) in [6.07, 6.45) is 1.04. The second kappa shape index (κ2) is 7.41. The topological polar surface area (TPSA) is 27.7 Å². The third-order valence-electron chi connectivity index (χ3n) is 2.81. The van der Waals surface area contributed by atoms with Gasteiger partial charge in [0.05, 0.1) is 21.3 Å². The molecule has 1 aromatic rings. The maximum atomic E-state index is 5.49. The highest BCUT2D eigenvalue weighted by molar-refractivity contribution is 7.99. The lowest BCUT2D eigenvalue weighted by molar-refractivity contribution is 0.368. The molecule has 0 aliphatic rings. The number of rotatable bonds is 7. The molecule has 0 bridgehead atoms. The minimum absolute atomic E-state index is 0.380. The summed E-state index contributed by atoms with van der Waals surface area (Å²) in [4.78, 5) is 0. The fourth-order valence-electron chi connectivity index (χ4n) is 1.96. The van der Waals surface area contributed by atoms with Gasteiger partial charge in [-0.25, -0.2) is 0 Å². The van der Waals surface area contributed by atoms with E-state index in [-0.39, 0.29) is 0 Å². The molecule has 1 unspecified atom stereocenters. The SMILES string of the molecule is CCSC(CC)c1c(OC)cc(OC)cc1OC. The lowest BCUT2D eigenvalue weighted by Gasteiger charge is -2.21. The molecule has 3 nitrogen and oxygen atoms in total. The van der Waals surface area contributed by atoms with Crippen LogP contribution in [0.1, 0.15) is 31.1 Å². The first kappa shape index (κ1) is 15.0. The summed E-state index contributed by atoms with van der Waals surface area (Å²) >= 11 is 1.90. The van der Waals surface area contributed by atoms with Crippen molar-refractivity contribution in [1.82, 2.24) is 0 Å². The van der Waals surface area contributed by atoms with Gasteiger partial charge in [0.1, 0.15) is 17.2 Å². The van der Waals surface area contributed by atoms with Gasteiger partial charge in [-0.3, -0.25) is 0 Å². The van der Waals surface area contributed by atoms with Crippen molar-refractivity contribution in [2.24, 2.45) is 0 Å². The van der Waals surface area contributed by atoms with E-state index < -0.39 is 0 Å². The van der Waals surface area contributed by atoms with Crippen LogP contribution in [0.3, 0.4) is 0 Å². The highest BCUT2D eigenvalue weighted by Gasteiger charge is 2.21. The fourth-order valence-corrected chi connectivity index (χ4v) is 2.99. The summed E-state index contributed by atoms with van der Waals surface area (Å²) in [7, 11) is 5.01. The quantitative estimate of drug-likeness (QED) is 0.750. The smallest absolute Gasteiger partial charge is 0.130 e. The zero-order valence-electron chi connectivity index (χ0n) is 11.8. The zero-order valence-corrected chi connectivity index (χ0v) is 12.6. The van der Waals surface area contributed by atoms with Crippen LogP contribution in [-0.2, 0) is 0 Å². The molecule has 0 aliphatic heterocycles. The molecule has 0 saturated carbocycles. The van der Waals surface area contributed by atoms with E-state index in [1.165, 1.54) is 0 Å². The standard InChI is InChI=1S/C14H22O3S/c1-6-13(18-7-2)14-11(16-4)8-10(15-3)9-12(14)17-5/h8-9,13H,6-7H2,1-5H3. The summed E-state index contributed by atoms with van der Waals surface area (Å²) in [5.41, 5.74) is 1.12. The molecular weight excluding hydrogens is 248 g/mol. The number of hydrogen-bond donors (Lipinski definition) is 0. The molecule has 0 aliphatic carbocycles. The van der Waals surface area contributed by atoms with E-state index in [0.717, 1.165) is 35.0 Å². The van der Waals surface area contributed by atoms with Gasteiger partial charge in [0.25, 0.3) is 0 Å². The van der Waals surface area contributed by atoms with Crippen LogP contribution < -0.4 is 14.2 Å². The average Bonchev–Trinajstić information content (AvgIpc) is 2.43. The Morgan fingerprint density at radius 3 is 1.89 bits per heavy atom. The predicted octanol–water partition coefficient (Wildman–Crippen LogP) is 3.92. The Morgan fingerprint density at radius 1 is 1.00 bits per heavy atom. The van der Waals surface area contributed by atoms with Crippen molar-refractivity contribution in [3.8, 4) is 17.2 Å². The second-order valence-electron chi connectivity index (χ2n) is 3.80. The number of thioether (sulfide) groups is 1. The second-order valence-corrected chi connectivity index (χ2v) is 5.28. The molecule has 0 heterocycles. The number of ether oxygens (including phenoxy) is 3. The molecular formula is C14H22O3S. The van der Waals surface area contributed by atoms with Gasteiger partial charge in [-0.2, -0.15) is 11.8 Å². The molecule has 0 spiro atoms. The number of methoxy groups -OCH3 is 3. The molecule has 0 radical (unpaired) electrons. The van der Waals surface area contributed by atoms with E-state index in [2.05, 4.69) is 13.8 Å². The highest BCUT2D eigenvalue weighted by Crippen LogP contribution is 2.45. The first-order chi connectivity index (χ1) is 8.71. The molecule has 1 atom stereocenters. The van der Waals surface area contributed by atoms with Crippen molar-refractivity contribution in [1.29, 1.82) is 0 Å². The Bertz CT molecular complexity index is 354. The van der Waals surface area contributed by atoms with Crippen LogP contribution in [0, 0.1) is 0 Å². The molecule has 1 rings (SSSR count). The van der Waals surface area contributed by atoms with Crippen LogP contribution in [0.25, 0.3) is 0 Å². The summed E-state index contributed by atoms with van der Waals surface area (Å²) < 4.78 is 16.2. The van der Waals surface area contributed by atoms with Crippen molar-refractivity contribution in [2.75, 3.05) is 27.1 Å². The van der Waals surface area contributed by atoms with Gasteiger partial charge in [-0.1, -0.05) is 13.8 Å². The van der Waals surface area contributed by atoms with Crippen LogP contribution in [0.15, 0.2) is 12.1 Å². The van der Waals surface area contributed by atoms with Gasteiger partial charge >= 0.3 is 0 Å². The van der Waals surface area contributed by atoms with Gasteiger partial charge in [0, 0.05) is 22.9 Å². The van der Waals surface area contributed by atoms with Crippen molar-refractivity contribution >= 4 is 11.8 Å². The average molecular weight is 270 g/mol. The molecule has 102 valence electrons. The normalized spacial score (nSPS) is 12.1. The molecule has 0 aromatic heterocycles. The maximum Gasteiger partial charge on any atom is 0.130 e. The van der Waals surface area contributed by atoms with Crippen molar-refractivity contribution in [3.63, 3.8) is 0 Å².